The van der Waals surface area contributed by atoms with Crippen molar-refractivity contribution in [1.29, 1.82) is 0 Å². The number of para-hydroxylation sites is 1. The van der Waals surface area contributed by atoms with Gasteiger partial charge in [-0.05, 0) is 86.0 Å². The molecule has 0 saturated carbocycles. The number of rotatable bonds is 18. The maximum Gasteiger partial charge on any atom is 0.425 e. The van der Waals surface area contributed by atoms with Crippen LogP contribution >= 0.6 is 11.3 Å². The molecule has 0 atom stereocenters. The first kappa shape index (κ1) is 65.5. The SMILES string of the molecule is Cc1cc(N=Nc2ccc3c(S(=O)(=O)O)c(N=Nc4c(-c5ccccc5)nn(-c5cc(S(=O)(=O)O)c6cc(S(=O)(=O)O)cc(S(=O)(=O)O)c6c5)c4O)ccc3c2O)c(OCCCCS(=O)(=O)O)cc1N=Nc1nc2ccccc2s1.O=C=O.O=S(=O)=O. The first-order valence-corrected chi connectivity index (χ1v) is 32.7. The van der Waals surface area contributed by atoms with Gasteiger partial charge in [-0.3, -0.25) is 22.8 Å². The first-order valence-electron chi connectivity index (χ1n) is 23.5. The molecule has 0 amide bonds. The van der Waals surface area contributed by atoms with Gasteiger partial charge in [0.25, 0.3) is 50.6 Å². The Hall–Kier alpha value is -9.09. The number of ether oxygens (including phenoxy) is 1. The van der Waals surface area contributed by atoms with E-state index in [0.29, 0.717) is 39.3 Å². The number of carbonyl (C=O) groups excluding carboxylic acids is 2. The van der Waals surface area contributed by atoms with E-state index in [0.717, 1.165) is 34.5 Å². The third kappa shape index (κ3) is 16.1. The molecule has 2 aromatic heterocycles. The van der Waals surface area contributed by atoms with Crippen molar-refractivity contribution in [2.75, 3.05) is 12.4 Å². The van der Waals surface area contributed by atoms with E-state index in [9.17, 15) is 70.5 Å². The Morgan fingerprint density at radius 2 is 1.17 bits per heavy atom. The summed E-state index contributed by atoms with van der Waals surface area (Å²) in [5, 5.41) is 51.1. The lowest BCUT2D eigenvalue weighted by Crippen LogP contribution is -2.08. The van der Waals surface area contributed by atoms with Gasteiger partial charge in [0.15, 0.2) is 11.4 Å². The molecule has 39 heteroatoms. The van der Waals surface area contributed by atoms with Gasteiger partial charge in [-0.1, -0.05) is 59.9 Å². The van der Waals surface area contributed by atoms with E-state index in [4.69, 9.17) is 31.5 Å². The van der Waals surface area contributed by atoms with E-state index in [1.807, 2.05) is 24.3 Å². The number of azo groups is 3. The van der Waals surface area contributed by atoms with Crippen LogP contribution in [0.25, 0.3) is 48.7 Å². The average Bonchev–Trinajstić information content (AvgIpc) is 1.57. The molecular weight excluding hydrogens is 1300 g/mol. The molecule has 32 nitrogen and oxygen atoms in total. The van der Waals surface area contributed by atoms with Gasteiger partial charge >= 0.3 is 16.8 Å². The second-order valence-electron chi connectivity index (χ2n) is 17.4. The smallest absolute Gasteiger partial charge is 0.425 e. The largest absolute Gasteiger partial charge is 0.505 e. The number of hydrogen-bond donors (Lipinski definition) is 7. The summed E-state index contributed by atoms with van der Waals surface area (Å²) in [7, 11) is -28.8. The molecule has 2 heterocycles. The van der Waals surface area contributed by atoms with Gasteiger partial charge in [0, 0.05) is 33.2 Å². The molecule has 0 unspecified atom stereocenters. The van der Waals surface area contributed by atoms with Crippen molar-refractivity contribution in [3.63, 3.8) is 0 Å². The zero-order valence-corrected chi connectivity index (χ0v) is 49.1. The van der Waals surface area contributed by atoms with Crippen LogP contribution < -0.4 is 4.74 Å². The summed E-state index contributed by atoms with van der Waals surface area (Å²) in [6.45, 7) is 1.65. The number of aromatic hydroxyl groups is 2. The molecule has 0 fully saturated rings. The minimum Gasteiger partial charge on any atom is -0.505 e. The summed E-state index contributed by atoms with van der Waals surface area (Å²) in [5.41, 5.74) is -0.286. The van der Waals surface area contributed by atoms with Crippen molar-refractivity contribution >= 4 is 144 Å². The maximum atomic E-state index is 13.2. The van der Waals surface area contributed by atoms with Gasteiger partial charge in [-0.25, -0.2) is 4.98 Å². The molecule has 7 aromatic carbocycles. The second-order valence-corrected chi connectivity index (χ2v) is 26.0. The minimum atomic E-state index is -5.45. The normalized spacial score (nSPS) is 12.3. The molecule has 0 spiro atoms. The lowest BCUT2D eigenvalue weighted by atomic mass is 10.1. The van der Waals surface area contributed by atoms with Gasteiger partial charge < -0.3 is 14.9 Å². The number of phenols is 1. The Morgan fingerprint density at radius 1 is 0.598 bits per heavy atom. The summed E-state index contributed by atoms with van der Waals surface area (Å²) in [5.74, 6) is -2.04. The fourth-order valence-corrected chi connectivity index (χ4v) is 12.3. The van der Waals surface area contributed by atoms with Crippen LogP contribution in [0.4, 0.5) is 33.6 Å². The highest BCUT2D eigenvalue weighted by Crippen LogP contribution is 2.46. The Bertz CT molecular complexity index is 5040. The van der Waals surface area contributed by atoms with Crippen LogP contribution in [-0.4, -0.2) is 121 Å². The molecule has 0 radical (unpaired) electrons. The topological polar surface area (TPSA) is 512 Å². The third-order valence-electron chi connectivity index (χ3n) is 11.7. The highest BCUT2D eigenvalue weighted by atomic mass is 32.2. The zero-order chi connectivity index (χ0) is 64.0. The number of unbranched alkanes of at least 4 members (excludes halogenated alkanes) is 1. The molecule has 0 aliphatic carbocycles. The van der Waals surface area contributed by atoms with Crippen LogP contribution in [-0.2, 0) is 70.8 Å². The highest BCUT2D eigenvalue weighted by molar-refractivity contribution is 7.87. The van der Waals surface area contributed by atoms with E-state index in [-0.39, 0.29) is 64.8 Å². The fraction of sp³-hybridized carbons (Fsp3) is 0.104. The molecule has 9 aromatic rings. The number of phenolic OH excluding ortho intramolecular Hbond substituents is 1. The molecular formula is C48H37N9O23S7. The van der Waals surface area contributed by atoms with Crippen LogP contribution in [0.1, 0.15) is 18.4 Å². The number of hydrogen-bond acceptors (Lipinski definition) is 27. The van der Waals surface area contributed by atoms with Crippen molar-refractivity contribution in [3.05, 3.63) is 121 Å². The fourth-order valence-electron chi connectivity index (χ4n) is 8.03. The van der Waals surface area contributed by atoms with Crippen molar-refractivity contribution in [1.82, 2.24) is 14.8 Å². The Kier molecular flexibility index (Phi) is 19.8. The predicted molar refractivity (Wildman–Crippen MR) is 302 cm³/mol. The van der Waals surface area contributed by atoms with E-state index < -0.39 is 126 Å². The lowest BCUT2D eigenvalue weighted by molar-refractivity contribution is -0.191. The lowest BCUT2D eigenvalue weighted by Gasteiger charge is -2.13. The summed E-state index contributed by atoms with van der Waals surface area (Å²) >= 11 is 1.31. The minimum absolute atomic E-state index is 0.0438. The Morgan fingerprint density at radius 3 is 1.79 bits per heavy atom. The first-order chi connectivity index (χ1) is 40.7. The molecule has 0 aliphatic rings. The van der Waals surface area contributed by atoms with Gasteiger partial charge in [-0.15, -0.1) is 43.3 Å². The predicted octanol–water partition coefficient (Wildman–Crippen LogP) is 8.87. The van der Waals surface area contributed by atoms with Crippen LogP contribution in [0.5, 0.6) is 17.4 Å². The van der Waals surface area contributed by atoms with E-state index in [2.05, 4.69) is 40.8 Å². The van der Waals surface area contributed by atoms with E-state index in [1.165, 1.54) is 47.7 Å². The number of aromatic nitrogens is 3. The Balaban J connectivity index is 0.00000147. The summed E-state index contributed by atoms with van der Waals surface area (Å²) in [4.78, 5) is 16.2. The number of benzene rings is 7. The van der Waals surface area contributed by atoms with Crippen molar-refractivity contribution in [3.8, 4) is 34.3 Å². The second kappa shape index (κ2) is 26.3. The van der Waals surface area contributed by atoms with Crippen LogP contribution in [0, 0.1) is 6.92 Å². The Labute approximate surface area is 495 Å². The number of aryl methyl sites for hydroxylation is 1. The van der Waals surface area contributed by atoms with Gasteiger partial charge in [0.2, 0.25) is 11.0 Å². The number of nitrogens with zero attached hydrogens (tertiary/aromatic N) is 9. The molecule has 0 bridgehead atoms. The molecule has 7 N–H and O–H groups in total. The quantitative estimate of drug-likeness (QED) is 0.0239. The molecule has 0 saturated heterocycles. The summed E-state index contributed by atoms with van der Waals surface area (Å²) in [6, 6.07) is 24.9. The van der Waals surface area contributed by atoms with Gasteiger partial charge in [-0.2, -0.15) is 61.5 Å². The van der Waals surface area contributed by atoms with Crippen LogP contribution in [0.3, 0.4) is 0 Å². The van der Waals surface area contributed by atoms with Crippen LogP contribution in [0.15, 0.2) is 166 Å². The number of fused-ring (bicyclic) bond motifs is 3. The third-order valence-corrected chi connectivity index (χ3v) is 16.9. The van der Waals surface area contributed by atoms with E-state index >= 15 is 0 Å². The molecule has 454 valence electrons. The standard InChI is InChI=1S/C47H37N9O18S6.CO2.O3S/c1-25-19-37(38(74-17-7-8-18-76(59,60)61)24-36(25)51-54-47-48-33-11-5-6-12-39(33)75-47)52-49-34-15-14-30-29(44(34)57)13-16-35(45(30)80(71,72)73)50-53-43-42(26-9-3-2-4-10-26)55-56(46(43)58)27-20-31-32(40(21-27)78(65,66)67)22-28(77(62,63)64)23-41(31)79(68,69)70;2-1-3;1-4(2)3/h2-6,9-16,19-24,57-58H,7-8,17-18H2,1H3,(H,59,60,61)(H,62,63,64)(H,65,66,67)(H,68,69,70)(H,71,72,73);;. The van der Waals surface area contributed by atoms with Crippen molar-refractivity contribution in [2.45, 2.75) is 39.3 Å². The highest BCUT2D eigenvalue weighted by Gasteiger charge is 2.29. The van der Waals surface area contributed by atoms with Crippen molar-refractivity contribution < 1.29 is 102 Å². The molecule has 87 heavy (non-hydrogen) atoms. The molecule has 0 aliphatic heterocycles. The van der Waals surface area contributed by atoms with E-state index in [1.54, 1.807) is 19.1 Å². The monoisotopic (exact) mass is 1330 g/mol. The molecule has 9 rings (SSSR count). The summed E-state index contributed by atoms with van der Waals surface area (Å²) < 4.78 is 206. The van der Waals surface area contributed by atoms with Crippen molar-refractivity contribution in [2.24, 2.45) is 30.7 Å². The average molecular weight is 1330 g/mol. The zero-order valence-electron chi connectivity index (χ0n) is 43.3. The van der Waals surface area contributed by atoms with Crippen LogP contribution in [0.2, 0.25) is 0 Å². The van der Waals surface area contributed by atoms with Gasteiger partial charge in [0.05, 0.1) is 38.8 Å². The van der Waals surface area contributed by atoms with Gasteiger partial charge in [0.1, 0.15) is 43.2 Å². The maximum absolute atomic E-state index is 13.2. The summed E-state index contributed by atoms with van der Waals surface area (Å²) in [6.07, 6.45) is 0.496. The number of thiazole rings is 1.